The fourth-order valence-corrected chi connectivity index (χ4v) is 2.08. The number of para-hydroxylation sites is 2. The molecule has 1 amide bonds. The van der Waals surface area contributed by atoms with Crippen LogP contribution < -0.4 is 15.4 Å². The van der Waals surface area contributed by atoms with E-state index >= 15 is 0 Å². The first kappa shape index (κ1) is 16.9. The molecule has 0 bridgehead atoms. The highest BCUT2D eigenvalue weighted by Gasteiger charge is 2.06. The molecule has 2 aromatic rings. The topological polar surface area (TPSA) is 50.4 Å². The first-order chi connectivity index (χ1) is 11.2. The van der Waals surface area contributed by atoms with Crippen molar-refractivity contribution in [3.63, 3.8) is 0 Å². The van der Waals surface area contributed by atoms with Crippen LogP contribution in [0.1, 0.15) is 25.3 Å². The summed E-state index contributed by atoms with van der Waals surface area (Å²) in [4.78, 5) is 12.0. The first-order valence-electron chi connectivity index (χ1n) is 8.01. The molecule has 0 aromatic heterocycles. The quantitative estimate of drug-likeness (QED) is 0.717. The number of carbonyl (C=O) groups is 1. The van der Waals surface area contributed by atoms with Gasteiger partial charge in [0.15, 0.2) is 0 Å². The lowest BCUT2D eigenvalue weighted by Gasteiger charge is -2.13. The summed E-state index contributed by atoms with van der Waals surface area (Å²) in [6.45, 7) is 5.03. The van der Waals surface area contributed by atoms with Crippen molar-refractivity contribution in [1.29, 1.82) is 0 Å². The SMILES string of the molecule is CCCCOc1ccccc1NCC(=O)Nc1ccc(C)cc1. The van der Waals surface area contributed by atoms with Crippen LogP contribution in [0, 0.1) is 6.92 Å². The van der Waals surface area contributed by atoms with Gasteiger partial charge in [-0.2, -0.15) is 0 Å². The fraction of sp³-hybridized carbons (Fsp3) is 0.316. The molecule has 2 rings (SSSR count). The molecule has 0 radical (unpaired) electrons. The molecular weight excluding hydrogens is 288 g/mol. The maximum absolute atomic E-state index is 12.0. The lowest BCUT2D eigenvalue weighted by Crippen LogP contribution is -2.22. The number of nitrogens with one attached hydrogen (secondary N) is 2. The molecule has 0 aliphatic heterocycles. The first-order valence-corrected chi connectivity index (χ1v) is 8.01. The van der Waals surface area contributed by atoms with Gasteiger partial charge in [-0.05, 0) is 37.6 Å². The number of amides is 1. The van der Waals surface area contributed by atoms with Crippen molar-refractivity contribution in [3.05, 3.63) is 54.1 Å². The van der Waals surface area contributed by atoms with Crippen molar-refractivity contribution in [2.45, 2.75) is 26.7 Å². The summed E-state index contributed by atoms with van der Waals surface area (Å²) in [6.07, 6.45) is 2.11. The number of hydrogen-bond donors (Lipinski definition) is 2. The summed E-state index contributed by atoms with van der Waals surface area (Å²) in [5.74, 6) is 0.696. The van der Waals surface area contributed by atoms with Crippen LogP contribution in [0.2, 0.25) is 0 Å². The van der Waals surface area contributed by atoms with Crippen LogP contribution in [-0.4, -0.2) is 19.1 Å². The van der Waals surface area contributed by atoms with E-state index in [-0.39, 0.29) is 12.5 Å². The highest BCUT2D eigenvalue weighted by atomic mass is 16.5. The number of benzene rings is 2. The Morgan fingerprint density at radius 3 is 2.57 bits per heavy atom. The predicted molar refractivity (Wildman–Crippen MR) is 95.1 cm³/mol. The Morgan fingerprint density at radius 1 is 1.09 bits per heavy atom. The Balaban J connectivity index is 1.87. The second-order valence-corrected chi connectivity index (χ2v) is 5.47. The average molecular weight is 312 g/mol. The summed E-state index contributed by atoms with van der Waals surface area (Å²) in [5, 5.41) is 6.00. The van der Waals surface area contributed by atoms with E-state index in [9.17, 15) is 4.79 Å². The molecule has 2 aromatic carbocycles. The van der Waals surface area contributed by atoms with Crippen molar-refractivity contribution in [2.75, 3.05) is 23.8 Å². The molecule has 0 atom stereocenters. The Kier molecular flexibility index (Phi) is 6.48. The molecule has 0 fully saturated rings. The van der Waals surface area contributed by atoms with Gasteiger partial charge in [-0.15, -0.1) is 0 Å². The van der Waals surface area contributed by atoms with E-state index in [1.54, 1.807) is 0 Å². The highest BCUT2D eigenvalue weighted by molar-refractivity contribution is 5.93. The highest BCUT2D eigenvalue weighted by Crippen LogP contribution is 2.23. The van der Waals surface area contributed by atoms with Crippen LogP contribution in [-0.2, 0) is 4.79 Å². The largest absolute Gasteiger partial charge is 0.491 e. The average Bonchev–Trinajstić information content (AvgIpc) is 2.56. The van der Waals surface area contributed by atoms with E-state index in [0.29, 0.717) is 6.61 Å². The number of anilines is 2. The van der Waals surface area contributed by atoms with Crippen LogP contribution in [0.4, 0.5) is 11.4 Å². The Hall–Kier alpha value is -2.49. The molecule has 0 saturated carbocycles. The van der Waals surface area contributed by atoms with Crippen LogP contribution in [0.5, 0.6) is 5.75 Å². The number of unbranched alkanes of at least 4 members (excludes halogenated alkanes) is 1. The summed E-state index contributed by atoms with van der Waals surface area (Å²) >= 11 is 0. The van der Waals surface area contributed by atoms with E-state index in [1.165, 1.54) is 5.56 Å². The summed E-state index contributed by atoms with van der Waals surface area (Å²) in [7, 11) is 0. The number of rotatable bonds is 8. The summed E-state index contributed by atoms with van der Waals surface area (Å²) < 4.78 is 5.75. The molecule has 0 unspecified atom stereocenters. The Morgan fingerprint density at radius 2 is 1.83 bits per heavy atom. The summed E-state index contributed by atoms with van der Waals surface area (Å²) in [5.41, 5.74) is 2.80. The third kappa shape index (κ3) is 5.66. The third-order valence-corrected chi connectivity index (χ3v) is 3.42. The number of hydrogen-bond acceptors (Lipinski definition) is 3. The van der Waals surface area contributed by atoms with Crippen LogP contribution in [0.25, 0.3) is 0 Å². The zero-order valence-electron chi connectivity index (χ0n) is 13.8. The van der Waals surface area contributed by atoms with Crippen molar-refractivity contribution in [1.82, 2.24) is 0 Å². The molecule has 23 heavy (non-hydrogen) atoms. The minimum Gasteiger partial charge on any atom is -0.491 e. The van der Waals surface area contributed by atoms with Crippen LogP contribution >= 0.6 is 0 Å². The Labute approximate surface area is 137 Å². The fourth-order valence-electron chi connectivity index (χ4n) is 2.08. The number of aryl methyl sites for hydroxylation is 1. The van der Waals surface area contributed by atoms with Crippen molar-refractivity contribution in [3.8, 4) is 5.75 Å². The third-order valence-electron chi connectivity index (χ3n) is 3.42. The zero-order chi connectivity index (χ0) is 16.5. The Bertz CT molecular complexity index is 624. The van der Waals surface area contributed by atoms with Gasteiger partial charge in [0.05, 0.1) is 18.8 Å². The maximum atomic E-state index is 12.0. The van der Waals surface area contributed by atoms with Gasteiger partial charge in [0.2, 0.25) is 5.91 Å². The van der Waals surface area contributed by atoms with E-state index < -0.39 is 0 Å². The van der Waals surface area contributed by atoms with Gasteiger partial charge in [0, 0.05) is 5.69 Å². The van der Waals surface area contributed by atoms with E-state index in [0.717, 1.165) is 30.0 Å². The molecule has 4 heteroatoms. The van der Waals surface area contributed by atoms with Crippen LogP contribution in [0.3, 0.4) is 0 Å². The van der Waals surface area contributed by atoms with Crippen molar-refractivity contribution in [2.24, 2.45) is 0 Å². The van der Waals surface area contributed by atoms with Gasteiger partial charge in [-0.3, -0.25) is 4.79 Å². The van der Waals surface area contributed by atoms with Gasteiger partial charge in [0.1, 0.15) is 5.75 Å². The van der Waals surface area contributed by atoms with Gasteiger partial charge >= 0.3 is 0 Å². The van der Waals surface area contributed by atoms with E-state index in [2.05, 4.69) is 17.6 Å². The maximum Gasteiger partial charge on any atom is 0.243 e. The van der Waals surface area contributed by atoms with Crippen LogP contribution in [0.15, 0.2) is 48.5 Å². The summed E-state index contributed by atoms with van der Waals surface area (Å²) in [6, 6.07) is 15.4. The molecule has 0 aliphatic rings. The minimum absolute atomic E-state index is 0.0859. The molecule has 0 spiro atoms. The van der Waals surface area contributed by atoms with Gasteiger partial charge in [-0.1, -0.05) is 43.2 Å². The monoisotopic (exact) mass is 312 g/mol. The smallest absolute Gasteiger partial charge is 0.243 e. The van der Waals surface area contributed by atoms with Crippen molar-refractivity contribution < 1.29 is 9.53 Å². The van der Waals surface area contributed by atoms with E-state index in [1.807, 2.05) is 55.5 Å². The number of ether oxygens (including phenoxy) is 1. The van der Waals surface area contributed by atoms with Gasteiger partial charge in [0.25, 0.3) is 0 Å². The molecule has 0 saturated heterocycles. The second-order valence-electron chi connectivity index (χ2n) is 5.47. The van der Waals surface area contributed by atoms with Crippen molar-refractivity contribution >= 4 is 17.3 Å². The molecular formula is C19H24N2O2. The number of carbonyl (C=O) groups excluding carboxylic acids is 1. The molecule has 122 valence electrons. The normalized spacial score (nSPS) is 10.2. The molecule has 4 nitrogen and oxygen atoms in total. The standard InChI is InChI=1S/C19H24N2O2/c1-3-4-13-23-18-8-6-5-7-17(18)20-14-19(22)21-16-11-9-15(2)10-12-16/h5-12,20H,3-4,13-14H2,1-2H3,(H,21,22). The molecule has 0 aliphatic carbocycles. The lowest BCUT2D eigenvalue weighted by molar-refractivity contribution is -0.114. The predicted octanol–water partition coefficient (Wildman–Crippen LogP) is 4.22. The van der Waals surface area contributed by atoms with Gasteiger partial charge < -0.3 is 15.4 Å². The second kappa shape index (κ2) is 8.83. The van der Waals surface area contributed by atoms with Gasteiger partial charge in [-0.25, -0.2) is 0 Å². The van der Waals surface area contributed by atoms with E-state index in [4.69, 9.17) is 4.74 Å². The lowest BCUT2D eigenvalue weighted by atomic mass is 10.2. The molecule has 2 N–H and O–H groups in total. The minimum atomic E-state index is -0.0859. The molecule has 0 heterocycles. The zero-order valence-corrected chi connectivity index (χ0v) is 13.8.